The van der Waals surface area contributed by atoms with Crippen molar-refractivity contribution in [3.05, 3.63) is 35.4 Å². The summed E-state index contributed by atoms with van der Waals surface area (Å²) in [4.78, 5) is 10.8. The summed E-state index contributed by atoms with van der Waals surface area (Å²) in [5.41, 5.74) is 1.92. The molecule has 81 valence electrons. The Hall–Kier alpha value is -1.11. The van der Waals surface area contributed by atoms with E-state index < -0.39 is 0 Å². The molecule has 0 heterocycles. The molecule has 0 N–H and O–H groups in total. The van der Waals surface area contributed by atoms with Crippen LogP contribution in [0, 0.1) is 0 Å². The summed E-state index contributed by atoms with van der Waals surface area (Å²) < 4.78 is 0. The zero-order chi connectivity index (χ0) is 11.1. The van der Waals surface area contributed by atoms with Gasteiger partial charge in [0.25, 0.3) is 0 Å². The van der Waals surface area contributed by atoms with Crippen LogP contribution in [-0.4, -0.2) is 6.29 Å². The SMILES string of the molecule is CCCC(CCC)c1ccccc1[C]=O. The molecule has 0 saturated heterocycles. The van der Waals surface area contributed by atoms with Crippen LogP contribution in [0.1, 0.15) is 56.6 Å². The Kier molecular flexibility index (Phi) is 5.09. The van der Waals surface area contributed by atoms with Crippen LogP contribution in [-0.2, 0) is 4.79 Å². The fourth-order valence-electron chi connectivity index (χ4n) is 2.10. The van der Waals surface area contributed by atoms with E-state index in [0.717, 1.165) is 31.2 Å². The quantitative estimate of drug-likeness (QED) is 0.686. The second-order valence-corrected chi connectivity index (χ2v) is 3.96. The van der Waals surface area contributed by atoms with Gasteiger partial charge in [0.15, 0.2) is 0 Å². The smallest absolute Gasteiger partial charge is 0.233 e. The van der Waals surface area contributed by atoms with E-state index in [1.807, 2.05) is 24.5 Å². The van der Waals surface area contributed by atoms with E-state index in [2.05, 4.69) is 19.9 Å². The Morgan fingerprint density at radius 3 is 2.27 bits per heavy atom. The summed E-state index contributed by atoms with van der Waals surface area (Å²) in [6.45, 7) is 4.38. The van der Waals surface area contributed by atoms with E-state index in [9.17, 15) is 4.79 Å². The van der Waals surface area contributed by atoms with Crippen LogP contribution in [0.2, 0.25) is 0 Å². The first kappa shape index (κ1) is 12.0. The third-order valence-electron chi connectivity index (χ3n) is 2.78. The molecule has 0 bridgehead atoms. The van der Waals surface area contributed by atoms with Gasteiger partial charge in [-0.3, -0.25) is 4.79 Å². The zero-order valence-corrected chi connectivity index (χ0v) is 9.62. The monoisotopic (exact) mass is 203 g/mol. The summed E-state index contributed by atoms with van der Waals surface area (Å²) in [5.74, 6) is 0.526. The first-order valence-electron chi connectivity index (χ1n) is 5.80. The molecule has 0 unspecified atom stereocenters. The Labute approximate surface area is 92.5 Å². The molecule has 1 heteroatoms. The van der Waals surface area contributed by atoms with Gasteiger partial charge in [0.1, 0.15) is 0 Å². The lowest BCUT2D eigenvalue weighted by Gasteiger charge is -2.17. The molecule has 1 rings (SSSR count). The van der Waals surface area contributed by atoms with Gasteiger partial charge in [-0.1, -0.05) is 51.0 Å². The minimum atomic E-state index is 0.526. The highest BCUT2D eigenvalue weighted by atomic mass is 16.1. The van der Waals surface area contributed by atoms with Crippen LogP contribution in [0.4, 0.5) is 0 Å². The second kappa shape index (κ2) is 6.39. The standard InChI is InChI=1S/C14H19O/c1-3-7-12(8-4-2)14-10-6-5-9-13(14)11-15/h5-6,9-10,12H,3-4,7-8H2,1-2H3. The number of hydrogen-bond acceptors (Lipinski definition) is 1. The molecule has 0 atom stereocenters. The van der Waals surface area contributed by atoms with Gasteiger partial charge in [-0.2, -0.15) is 0 Å². The van der Waals surface area contributed by atoms with E-state index in [4.69, 9.17) is 0 Å². The van der Waals surface area contributed by atoms with Crippen LogP contribution in [0.25, 0.3) is 0 Å². The maximum Gasteiger partial charge on any atom is 0.233 e. The number of benzene rings is 1. The topological polar surface area (TPSA) is 17.1 Å². The second-order valence-electron chi connectivity index (χ2n) is 3.96. The predicted octanol–water partition coefficient (Wildman–Crippen LogP) is 3.83. The number of hydrogen-bond donors (Lipinski definition) is 0. The van der Waals surface area contributed by atoms with Crippen LogP contribution in [0.15, 0.2) is 24.3 Å². The van der Waals surface area contributed by atoms with Crippen molar-refractivity contribution in [2.75, 3.05) is 0 Å². The van der Waals surface area contributed by atoms with Crippen LogP contribution in [0.5, 0.6) is 0 Å². The van der Waals surface area contributed by atoms with E-state index in [1.54, 1.807) is 0 Å². The summed E-state index contributed by atoms with van der Waals surface area (Å²) >= 11 is 0. The lowest BCUT2D eigenvalue weighted by molar-refractivity contribution is 0.549. The molecule has 15 heavy (non-hydrogen) atoms. The van der Waals surface area contributed by atoms with Crippen molar-refractivity contribution in [2.45, 2.75) is 45.4 Å². The van der Waals surface area contributed by atoms with Gasteiger partial charge in [0.2, 0.25) is 6.29 Å². The molecule has 0 amide bonds. The van der Waals surface area contributed by atoms with E-state index in [0.29, 0.717) is 5.92 Å². The van der Waals surface area contributed by atoms with Crippen LogP contribution >= 0.6 is 0 Å². The minimum Gasteiger partial charge on any atom is -0.285 e. The minimum absolute atomic E-state index is 0.526. The molecule has 0 aliphatic rings. The molecular formula is C14H19O. The van der Waals surface area contributed by atoms with Gasteiger partial charge in [-0.25, -0.2) is 0 Å². The maximum absolute atomic E-state index is 10.8. The van der Waals surface area contributed by atoms with Crippen molar-refractivity contribution in [2.24, 2.45) is 0 Å². The van der Waals surface area contributed by atoms with Crippen molar-refractivity contribution in [1.29, 1.82) is 0 Å². The molecule has 0 spiro atoms. The number of carbonyl (C=O) groups excluding carboxylic acids is 1. The lowest BCUT2D eigenvalue weighted by Crippen LogP contribution is -2.02. The molecule has 1 radical (unpaired) electrons. The normalized spacial score (nSPS) is 10.6. The van der Waals surface area contributed by atoms with Gasteiger partial charge >= 0.3 is 0 Å². The molecule has 1 aromatic carbocycles. The van der Waals surface area contributed by atoms with E-state index in [1.165, 1.54) is 5.56 Å². The fourth-order valence-corrected chi connectivity index (χ4v) is 2.10. The molecule has 1 aromatic rings. The lowest BCUT2D eigenvalue weighted by atomic mass is 9.88. The average molecular weight is 203 g/mol. The maximum atomic E-state index is 10.8. The van der Waals surface area contributed by atoms with Crippen LogP contribution in [0.3, 0.4) is 0 Å². The van der Waals surface area contributed by atoms with E-state index in [-0.39, 0.29) is 0 Å². The highest BCUT2D eigenvalue weighted by Gasteiger charge is 2.13. The summed E-state index contributed by atoms with van der Waals surface area (Å²) in [6.07, 6.45) is 6.69. The molecular weight excluding hydrogens is 184 g/mol. The van der Waals surface area contributed by atoms with E-state index >= 15 is 0 Å². The molecule has 0 saturated carbocycles. The highest BCUT2D eigenvalue weighted by molar-refractivity contribution is 5.78. The van der Waals surface area contributed by atoms with Crippen molar-refractivity contribution in [3.8, 4) is 0 Å². The third kappa shape index (κ3) is 3.19. The largest absolute Gasteiger partial charge is 0.285 e. The number of rotatable bonds is 6. The molecule has 1 nitrogen and oxygen atoms in total. The summed E-state index contributed by atoms with van der Waals surface area (Å²) in [7, 11) is 0. The summed E-state index contributed by atoms with van der Waals surface area (Å²) in [6, 6.07) is 7.84. The van der Waals surface area contributed by atoms with Crippen molar-refractivity contribution >= 4 is 6.29 Å². The van der Waals surface area contributed by atoms with Crippen molar-refractivity contribution in [1.82, 2.24) is 0 Å². The first-order chi connectivity index (χ1) is 7.33. The Morgan fingerprint density at radius 2 is 1.73 bits per heavy atom. The average Bonchev–Trinajstić information content (AvgIpc) is 2.29. The Balaban J connectivity index is 2.92. The fraction of sp³-hybridized carbons (Fsp3) is 0.500. The van der Waals surface area contributed by atoms with Crippen molar-refractivity contribution < 1.29 is 4.79 Å². The molecule has 0 aliphatic carbocycles. The molecule has 0 fully saturated rings. The van der Waals surface area contributed by atoms with Gasteiger partial charge in [0.05, 0.1) is 0 Å². The van der Waals surface area contributed by atoms with Gasteiger partial charge in [0, 0.05) is 5.56 Å². The highest BCUT2D eigenvalue weighted by Crippen LogP contribution is 2.28. The summed E-state index contributed by atoms with van der Waals surface area (Å²) in [5, 5.41) is 0. The zero-order valence-electron chi connectivity index (χ0n) is 9.62. The third-order valence-corrected chi connectivity index (χ3v) is 2.78. The van der Waals surface area contributed by atoms with Crippen LogP contribution < -0.4 is 0 Å². The van der Waals surface area contributed by atoms with Gasteiger partial charge in [-0.05, 0) is 24.3 Å². The van der Waals surface area contributed by atoms with Gasteiger partial charge < -0.3 is 0 Å². The van der Waals surface area contributed by atoms with Gasteiger partial charge in [-0.15, -0.1) is 0 Å². The predicted molar refractivity (Wildman–Crippen MR) is 63.8 cm³/mol. The first-order valence-corrected chi connectivity index (χ1v) is 5.80. The molecule has 0 aliphatic heterocycles. The van der Waals surface area contributed by atoms with Crippen molar-refractivity contribution in [3.63, 3.8) is 0 Å². The Bertz CT molecular complexity index is 298. The Morgan fingerprint density at radius 1 is 1.13 bits per heavy atom. The molecule has 0 aromatic heterocycles.